The first kappa shape index (κ1) is 13.7. The summed E-state index contributed by atoms with van der Waals surface area (Å²) in [6.07, 6.45) is -0.254. The van der Waals surface area contributed by atoms with E-state index in [0.717, 1.165) is 5.56 Å². The van der Waals surface area contributed by atoms with Gasteiger partial charge in [0.1, 0.15) is 11.6 Å². The van der Waals surface area contributed by atoms with Gasteiger partial charge in [-0.05, 0) is 37.0 Å². The third-order valence-corrected chi connectivity index (χ3v) is 3.20. The zero-order valence-corrected chi connectivity index (χ0v) is 10.7. The molecule has 2 aromatic carbocycles. The second kappa shape index (κ2) is 5.93. The Bertz CT molecular complexity index is 552. The number of aliphatic hydroxyl groups is 1. The van der Waals surface area contributed by atoms with E-state index in [1.54, 1.807) is 6.92 Å². The van der Waals surface area contributed by atoms with Crippen molar-refractivity contribution in [2.45, 2.75) is 25.9 Å². The highest BCUT2D eigenvalue weighted by Crippen LogP contribution is 2.26. The maximum atomic E-state index is 13.8. The Morgan fingerprint density at radius 1 is 1.05 bits per heavy atom. The molecule has 1 N–H and O–H groups in total. The van der Waals surface area contributed by atoms with Gasteiger partial charge in [-0.15, -0.1) is 0 Å². The molecule has 0 aromatic heterocycles. The van der Waals surface area contributed by atoms with Crippen molar-refractivity contribution in [2.75, 3.05) is 0 Å². The van der Waals surface area contributed by atoms with Crippen LogP contribution in [0.5, 0.6) is 0 Å². The molecule has 0 aliphatic heterocycles. The van der Waals surface area contributed by atoms with E-state index in [9.17, 15) is 13.9 Å². The van der Waals surface area contributed by atoms with Crippen molar-refractivity contribution in [3.05, 3.63) is 70.8 Å². The van der Waals surface area contributed by atoms with Crippen LogP contribution in [0.25, 0.3) is 0 Å². The zero-order valence-electron chi connectivity index (χ0n) is 10.7. The van der Waals surface area contributed by atoms with Crippen LogP contribution in [0, 0.1) is 18.6 Å². The third-order valence-electron chi connectivity index (χ3n) is 3.20. The fraction of sp³-hybridized carbons (Fsp3) is 0.250. The molecule has 1 unspecified atom stereocenters. The number of halogens is 2. The van der Waals surface area contributed by atoms with Gasteiger partial charge in [0.05, 0.1) is 11.7 Å². The van der Waals surface area contributed by atoms with Crippen LogP contribution in [-0.4, -0.2) is 5.11 Å². The molecular weight excluding hydrogens is 246 g/mol. The molecule has 3 heteroatoms. The number of aryl methyl sites for hydroxylation is 2. The van der Waals surface area contributed by atoms with Crippen molar-refractivity contribution in [2.24, 2.45) is 0 Å². The largest absolute Gasteiger partial charge is 0.388 e. The molecule has 0 fully saturated rings. The summed E-state index contributed by atoms with van der Waals surface area (Å²) in [5.74, 6) is -1.34. The quantitative estimate of drug-likeness (QED) is 0.884. The molecule has 0 aliphatic rings. The first-order chi connectivity index (χ1) is 9.09. The molecular formula is C16H16F2O. The van der Waals surface area contributed by atoms with Gasteiger partial charge in [-0.1, -0.05) is 36.4 Å². The van der Waals surface area contributed by atoms with Crippen molar-refractivity contribution in [3.63, 3.8) is 0 Å². The van der Waals surface area contributed by atoms with E-state index < -0.39 is 17.7 Å². The van der Waals surface area contributed by atoms with Crippen LogP contribution in [0.15, 0.2) is 42.5 Å². The summed E-state index contributed by atoms with van der Waals surface area (Å²) in [4.78, 5) is 0. The van der Waals surface area contributed by atoms with Crippen LogP contribution in [0.2, 0.25) is 0 Å². The minimum Gasteiger partial charge on any atom is -0.388 e. The monoisotopic (exact) mass is 262 g/mol. The van der Waals surface area contributed by atoms with Gasteiger partial charge in [0.2, 0.25) is 0 Å². The Morgan fingerprint density at radius 2 is 1.74 bits per heavy atom. The third kappa shape index (κ3) is 3.18. The second-order valence-corrected chi connectivity index (χ2v) is 4.63. The Kier molecular flexibility index (Phi) is 4.27. The molecule has 1 nitrogen and oxygen atoms in total. The summed E-state index contributed by atoms with van der Waals surface area (Å²) < 4.78 is 27.4. The fourth-order valence-corrected chi connectivity index (χ4v) is 2.08. The molecule has 0 saturated carbocycles. The summed E-state index contributed by atoms with van der Waals surface area (Å²) in [6.45, 7) is 1.56. The molecule has 0 spiro atoms. The van der Waals surface area contributed by atoms with Crippen LogP contribution in [0.4, 0.5) is 8.78 Å². The lowest BCUT2D eigenvalue weighted by atomic mass is 9.99. The number of rotatable bonds is 4. The van der Waals surface area contributed by atoms with Crippen LogP contribution >= 0.6 is 0 Å². The molecule has 0 amide bonds. The van der Waals surface area contributed by atoms with Gasteiger partial charge in [-0.25, -0.2) is 8.78 Å². The van der Waals surface area contributed by atoms with Crippen molar-refractivity contribution >= 4 is 0 Å². The van der Waals surface area contributed by atoms with Crippen LogP contribution < -0.4 is 0 Å². The molecule has 0 radical (unpaired) electrons. The van der Waals surface area contributed by atoms with E-state index in [1.807, 2.05) is 30.3 Å². The maximum Gasteiger partial charge on any atom is 0.134 e. The van der Waals surface area contributed by atoms with E-state index in [-0.39, 0.29) is 5.56 Å². The molecule has 1 atom stereocenters. The Hall–Kier alpha value is -1.74. The fourth-order valence-electron chi connectivity index (χ4n) is 2.08. The first-order valence-electron chi connectivity index (χ1n) is 6.26. The van der Waals surface area contributed by atoms with E-state index >= 15 is 0 Å². The van der Waals surface area contributed by atoms with Gasteiger partial charge in [-0.2, -0.15) is 0 Å². The molecule has 2 aromatic rings. The van der Waals surface area contributed by atoms with Gasteiger partial charge < -0.3 is 5.11 Å². The topological polar surface area (TPSA) is 20.2 Å². The van der Waals surface area contributed by atoms with E-state index in [1.165, 1.54) is 12.1 Å². The first-order valence-corrected chi connectivity index (χ1v) is 6.26. The number of hydrogen-bond donors (Lipinski definition) is 1. The maximum absolute atomic E-state index is 13.8. The van der Waals surface area contributed by atoms with Gasteiger partial charge in [0, 0.05) is 0 Å². The summed E-state index contributed by atoms with van der Waals surface area (Å²) >= 11 is 0. The SMILES string of the molecule is Cc1ccc(F)c(C(O)CCc2ccccc2)c1F. The van der Waals surface area contributed by atoms with Crippen LogP contribution in [0.3, 0.4) is 0 Å². The van der Waals surface area contributed by atoms with Crippen molar-refractivity contribution in [1.82, 2.24) is 0 Å². The molecule has 0 heterocycles. The van der Waals surface area contributed by atoms with Crippen molar-refractivity contribution < 1.29 is 13.9 Å². The highest BCUT2D eigenvalue weighted by molar-refractivity contribution is 5.28. The molecule has 0 saturated heterocycles. The van der Waals surface area contributed by atoms with Crippen LogP contribution in [-0.2, 0) is 6.42 Å². The zero-order chi connectivity index (χ0) is 13.8. The Balaban J connectivity index is 2.12. The lowest BCUT2D eigenvalue weighted by Crippen LogP contribution is -2.07. The molecule has 2 rings (SSSR count). The molecule has 0 aliphatic carbocycles. The van der Waals surface area contributed by atoms with Crippen molar-refractivity contribution in [1.29, 1.82) is 0 Å². The van der Waals surface area contributed by atoms with E-state index in [2.05, 4.69) is 0 Å². The average Bonchev–Trinajstić information content (AvgIpc) is 2.42. The highest BCUT2D eigenvalue weighted by Gasteiger charge is 2.19. The van der Waals surface area contributed by atoms with Gasteiger partial charge in [0.25, 0.3) is 0 Å². The van der Waals surface area contributed by atoms with Gasteiger partial charge in [0.15, 0.2) is 0 Å². The Labute approximate surface area is 111 Å². The van der Waals surface area contributed by atoms with Crippen molar-refractivity contribution in [3.8, 4) is 0 Å². The standard InChI is InChI=1S/C16H16F2O/c1-11-7-9-13(17)15(16(11)18)14(19)10-8-12-5-3-2-4-6-12/h2-7,9,14,19H,8,10H2,1H3. The number of aliphatic hydroxyl groups excluding tert-OH is 1. The molecule has 0 bridgehead atoms. The lowest BCUT2D eigenvalue weighted by Gasteiger charge is -2.14. The minimum atomic E-state index is -1.12. The predicted octanol–water partition coefficient (Wildman–Crippen LogP) is 3.94. The number of benzene rings is 2. The molecule has 100 valence electrons. The summed E-state index contributed by atoms with van der Waals surface area (Å²) in [5, 5.41) is 9.99. The average molecular weight is 262 g/mol. The lowest BCUT2D eigenvalue weighted by molar-refractivity contribution is 0.158. The van der Waals surface area contributed by atoms with Gasteiger partial charge >= 0.3 is 0 Å². The number of hydrogen-bond acceptors (Lipinski definition) is 1. The second-order valence-electron chi connectivity index (χ2n) is 4.63. The highest BCUT2D eigenvalue weighted by atomic mass is 19.1. The van der Waals surface area contributed by atoms with E-state index in [0.29, 0.717) is 18.4 Å². The van der Waals surface area contributed by atoms with Gasteiger partial charge in [-0.3, -0.25) is 0 Å². The summed E-state index contributed by atoms with van der Waals surface area (Å²) in [6, 6.07) is 12.1. The predicted molar refractivity (Wildman–Crippen MR) is 70.8 cm³/mol. The summed E-state index contributed by atoms with van der Waals surface area (Å²) in [7, 11) is 0. The molecule has 19 heavy (non-hydrogen) atoms. The minimum absolute atomic E-state index is 0.226. The van der Waals surface area contributed by atoms with Crippen LogP contribution in [0.1, 0.15) is 29.2 Å². The Morgan fingerprint density at radius 3 is 2.42 bits per heavy atom. The van der Waals surface area contributed by atoms with E-state index in [4.69, 9.17) is 0 Å². The normalized spacial score (nSPS) is 12.4. The summed E-state index contributed by atoms with van der Waals surface area (Å²) in [5.41, 5.74) is 1.15. The smallest absolute Gasteiger partial charge is 0.134 e.